The van der Waals surface area contributed by atoms with Gasteiger partial charge in [-0.2, -0.15) is 0 Å². The highest BCUT2D eigenvalue weighted by Gasteiger charge is 2.12. The number of anilines is 1. The topological polar surface area (TPSA) is 46.2 Å². The van der Waals surface area contributed by atoms with Gasteiger partial charge in [-0.3, -0.25) is 9.59 Å². The van der Waals surface area contributed by atoms with Crippen LogP contribution in [0.25, 0.3) is 0 Å². The largest absolute Gasteiger partial charge is 0.322 e. The standard InChI is InChI=1S/C21H14Cl2FNO2S/c22-17-9-8-13(10-18(17)23)20(26)12-28-15-5-3-4-14(11-15)25-21(27)16-6-1-2-7-19(16)24/h1-11H,12H2,(H,25,27). The molecule has 0 saturated heterocycles. The Morgan fingerprint density at radius 1 is 0.929 bits per heavy atom. The fourth-order valence-corrected chi connectivity index (χ4v) is 3.56. The van der Waals surface area contributed by atoms with Crippen LogP contribution >= 0.6 is 35.0 Å². The highest BCUT2D eigenvalue weighted by molar-refractivity contribution is 8.00. The molecule has 0 radical (unpaired) electrons. The van der Waals surface area contributed by atoms with Crippen molar-refractivity contribution in [3.05, 3.63) is 93.7 Å². The van der Waals surface area contributed by atoms with E-state index in [9.17, 15) is 14.0 Å². The molecule has 3 rings (SSSR count). The van der Waals surface area contributed by atoms with E-state index in [4.69, 9.17) is 23.2 Å². The Kier molecular flexibility index (Phi) is 6.73. The van der Waals surface area contributed by atoms with Crippen LogP contribution < -0.4 is 5.32 Å². The van der Waals surface area contributed by atoms with Gasteiger partial charge in [0.15, 0.2) is 5.78 Å². The molecule has 0 fully saturated rings. The summed E-state index contributed by atoms with van der Waals surface area (Å²) in [4.78, 5) is 25.3. The molecule has 0 saturated carbocycles. The average Bonchev–Trinajstić information content (AvgIpc) is 2.69. The lowest BCUT2D eigenvalue weighted by molar-refractivity contribution is 0.101. The Morgan fingerprint density at radius 3 is 2.46 bits per heavy atom. The van der Waals surface area contributed by atoms with Crippen molar-refractivity contribution in [2.45, 2.75) is 4.90 Å². The zero-order valence-electron chi connectivity index (χ0n) is 14.4. The quantitative estimate of drug-likeness (QED) is 0.363. The summed E-state index contributed by atoms with van der Waals surface area (Å²) < 4.78 is 13.7. The Bertz CT molecular complexity index is 1040. The number of Topliss-reactive ketones (excluding diaryl/α,β-unsaturated/α-hetero) is 1. The smallest absolute Gasteiger partial charge is 0.258 e. The summed E-state index contributed by atoms with van der Waals surface area (Å²) in [5, 5.41) is 3.38. The minimum atomic E-state index is -0.585. The monoisotopic (exact) mass is 433 g/mol. The highest BCUT2D eigenvalue weighted by atomic mass is 35.5. The first kappa shape index (κ1) is 20.4. The van der Waals surface area contributed by atoms with Gasteiger partial charge in [-0.1, -0.05) is 41.4 Å². The summed E-state index contributed by atoms with van der Waals surface area (Å²) in [5.41, 5.74) is 0.960. The van der Waals surface area contributed by atoms with Gasteiger partial charge in [0.2, 0.25) is 0 Å². The van der Waals surface area contributed by atoms with Crippen LogP contribution in [0, 0.1) is 5.82 Å². The first-order valence-corrected chi connectivity index (χ1v) is 9.95. The van der Waals surface area contributed by atoms with Crippen LogP contribution in [0.2, 0.25) is 10.0 Å². The number of nitrogens with one attached hydrogen (secondary N) is 1. The molecule has 1 amide bonds. The van der Waals surface area contributed by atoms with E-state index in [0.717, 1.165) is 4.90 Å². The van der Waals surface area contributed by atoms with Crippen molar-refractivity contribution in [2.75, 3.05) is 11.1 Å². The van der Waals surface area contributed by atoms with Crippen molar-refractivity contribution >= 4 is 52.3 Å². The lowest BCUT2D eigenvalue weighted by Crippen LogP contribution is -2.13. The molecule has 0 atom stereocenters. The molecule has 0 spiro atoms. The molecule has 0 aromatic heterocycles. The summed E-state index contributed by atoms with van der Waals surface area (Å²) in [7, 11) is 0. The predicted octanol–water partition coefficient (Wildman–Crippen LogP) is 6.36. The predicted molar refractivity (Wildman–Crippen MR) is 112 cm³/mol. The molecule has 28 heavy (non-hydrogen) atoms. The molecular weight excluding hydrogens is 420 g/mol. The van der Waals surface area contributed by atoms with E-state index in [1.165, 1.54) is 36.0 Å². The van der Waals surface area contributed by atoms with Gasteiger partial charge >= 0.3 is 0 Å². The Hall–Kier alpha value is -2.34. The second kappa shape index (κ2) is 9.24. The molecule has 0 aliphatic rings. The zero-order valence-corrected chi connectivity index (χ0v) is 16.7. The second-order valence-corrected chi connectivity index (χ2v) is 7.67. The number of carbonyl (C=O) groups is 2. The number of thioether (sulfide) groups is 1. The number of ketones is 1. The Balaban J connectivity index is 1.65. The van der Waals surface area contributed by atoms with Crippen molar-refractivity contribution in [3.8, 4) is 0 Å². The summed E-state index contributed by atoms with van der Waals surface area (Å²) in [6, 6.07) is 17.5. The normalized spacial score (nSPS) is 10.5. The maximum atomic E-state index is 13.7. The van der Waals surface area contributed by atoms with Gasteiger partial charge in [0.1, 0.15) is 5.82 Å². The van der Waals surface area contributed by atoms with Gasteiger partial charge < -0.3 is 5.32 Å². The first-order valence-electron chi connectivity index (χ1n) is 8.21. The summed E-state index contributed by atoms with van der Waals surface area (Å²) in [5.74, 6) is -1.02. The van der Waals surface area contributed by atoms with E-state index < -0.39 is 11.7 Å². The molecule has 142 valence electrons. The van der Waals surface area contributed by atoms with Gasteiger partial charge in [0.25, 0.3) is 5.91 Å². The van der Waals surface area contributed by atoms with Crippen molar-refractivity contribution in [2.24, 2.45) is 0 Å². The lowest BCUT2D eigenvalue weighted by Gasteiger charge is -2.08. The van der Waals surface area contributed by atoms with Gasteiger partial charge in [-0.25, -0.2) is 4.39 Å². The summed E-state index contributed by atoms with van der Waals surface area (Å²) >= 11 is 13.1. The Morgan fingerprint density at radius 2 is 1.71 bits per heavy atom. The highest BCUT2D eigenvalue weighted by Crippen LogP contribution is 2.26. The van der Waals surface area contributed by atoms with Gasteiger partial charge in [0, 0.05) is 16.1 Å². The summed E-state index contributed by atoms with van der Waals surface area (Å²) in [6.45, 7) is 0. The molecule has 7 heteroatoms. The van der Waals surface area contributed by atoms with E-state index >= 15 is 0 Å². The van der Waals surface area contributed by atoms with Crippen LogP contribution in [0.15, 0.2) is 71.6 Å². The number of hydrogen-bond donors (Lipinski definition) is 1. The van der Waals surface area contributed by atoms with Gasteiger partial charge in [0.05, 0.1) is 21.4 Å². The molecule has 3 aromatic carbocycles. The van der Waals surface area contributed by atoms with Gasteiger partial charge in [-0.15, -0.1) is 11.8 Å². The van der Waals surface area contributed by atoms with Gasteiger partial charge in [-0.05, 0) is 48.5 Å². The van der Waals surface area contributed by atoms with Crippen LogP contribution in [0.4, 0.5) is 10.1 Å². The Labute approximate surface area is 175 Å². The van der Waals surface area contributed by atoms with Crippen LogP contribution in [0.5, 0.6) is 0 Å². The van der Waals surface area contributed by atoms with Crippen molar-refractivity contribution in [3.63, 3.8) is 0 Å². The molecule has 0 bridgehead atoms. The first-order chi connectivity index (χ1) is 13.4. The molecule has 3 nitrogen and oxygen atoms in total. The minimum Gasteiger partial charge on any atom is -0.322 e. The van der Waals surface area contributed by atoms with E-state index in [-0.39, 0.29) is 17.1 Å². The maximum Gasteiger partial charge on any atom is 0.258 e. The second-order valence-electron chi connectivity index (χ2n) is 5.80. The third kappa shape index (κ3) is 5.13. The fourth-order valence-electron chi connectivity index (χ4n) is 2.41. The van der Waals surface area contributed by atoms with Crippen LogP contribution in [-0.4, -0.2) is 17.4 Å². The zero-order chi connectivity index (χ0) is 20.1. The van der Waals surface area contributed by atoms with Crippen molar-refractivity contribution in [1.82, 2.24) is 0 Å². The maximum absolute atomic E-state index is 13.7. The molecule has 0 aliphatic carbocycles. The molecular formula is C21H14Cl2FNO2S. The summed E-state index contributed by atoms with van der Waals surface area (Å²) in [6.07, 6.45) is 0. The fraction of sp³-hybridized carbons (Fsp3) is 0.0476. The number of carbonyl (C=O) groups excluding carboxylic acids is 2. The van der Waals surface area contributed by atoms with E-state index in [1.54, 1.807) is 36.4 Å². The average molecular weight is 434 g/mol. The minimum absolute atomic E-state index is 0.0321. The molecule has 0 aliphatic heterocycles. The number of benzene rings is 3. The van der Waals surface area contributed by atoms with Crippen LogP contribution in [0.3, 0.4) is 0 Å². The molecule has 1 N–H and O–H groups in total. The number of hydrogen-bond acceptors (Lipinski definition) is 3. The number of rotatable bonds is 6. The number of halogens is 3. The number of amides is 1. The van der Waals surface area contributed by atoms with Crippen molar-refractivity contribution < 1.29 is 14.0 Å². The van der Waals surface area contributed by atoms with E-state index in [2.05, 4.69) is 5.32 Å². The third-order valence-corrected chi connectivity index (χ3v) is 5.55. The molecule has 0 unspecified atom stereocenters. The molecule has 0 heterocycles. The van der Waals surface area contributed by atoms with Crippen LogP contribution in [0.1, 0.15) is 20.7 Å². The SMILES string of the molecule is O=C(CSc1cccc(NC(=O)c2ccccc2F)c1)c1ccc(Cl)c(Cl)c1. The lowest BCUT2D eigenvalue weighted by atomic mass is 10.1. The third-order valence-electron chi connectivity index (χ3n) is 3.82. The van der Waals surface area contributed by atoms with Crippen molar-refractivity contribution in [1.29, 1.82) is 0 Å². The molecule has 3 aromatic rings. The van der Waals surface area contributed by atoms with E-state index in [1.807, 2.05) is 6.07 Å². The van der Waals surface area contributed by atoms with E-state index in [0.29, 0.717) is 21.3 Å². The van der Waals surface area contributed by atoms with Crippen LogP contribution in [-0.2, 0) is 0 Å².